The van der Waals surface area contributed by atoms with Crippen molar-refractivity contribution < 1.29 is 13.9 Å². The van der Waals surface area contributed by atoms with Crippen LogP contribution in [0.4, 0.5) is 4.39 Å². The number of carbonyl (C=O) groups excluding carboxylic acids is 1. The van der Waals surface area contributed by atoms with Crippen molar-refractivity contribution in [2.45, 2.75) is 25.4 Å². The van der Waals surface area contributed by atoms with Crippen molar-refractivity contribution in [2.24, 2.45) is 0 Å². The van der Waals surface area contributed by atoms with Crippen LogP contribution in [0.1, 0.15) is 18.4 Å². The summed E-state index contributed by atoms with van der Waals surface area (Å²) < 4.78 is 21.3. The predicted molar refractivity (Wildman–Crippen MR) is 132 cm³/mol. The Balaban J connectivity index is 1.62. The molecule has 172 valence electrons. The fraction of sp³-hybridized carbons (Fsp3) is 0.250. The second-order valence-electron chi connectivity index (χ2n) is 7.68. The highest BCUT2D eigenvalue weighted by Crippen LogP contribution is 2.41. The topological polar surface area (TPSA) is 63.2 Å². The van der Waals surface area contributed by atoms with Crippen molar-refractivity contribution in [3.63, 3.8) is 0 Å². The maximum absolute atomic E-state index is 15.1. The van der Waals surface area contributed by atoms with E-state index in [1.54, 1.807) is 6.07 Å². The Morgan fingerprint density at radius 1 is 1.18 bits per heavy atom. The maximum atomic E-state index is 15.1. The van der Waals surface area contributed by atoms with Crippen LogP contribution >= 0.6 is 39.1 Å². The van der Waals surface area contributed by atoms with Crippen molar-refractivity contribution in [2.75, 3.05) is 13.7 Å². The lowest BCUT2D eigenvalue weighted by Crippen LogP contribution is -2.35. The van der Waals surface area contributed by atoms with Crippen LogP contribution in [-0.4, -0.2) is 30.6 Å². The minimum absolute atomic E-state index is 0.0415. The first kappa shape index (κ1) is 24.0. The molecule has 2 heterocycles. The monoisotopic (exact) mass is 551 g/mol. The Morgan fingerprint density at radius 3 is 2.58 bits per heavy atom. The van der Waals surface area contributed by atoms with Gasteiger partial charge in [-0.3, -0.25) is 4.79 Å². The highest BCUT2D eigenvalue weighted by Gasteiger charge is 2.22. The normalized spacial score (nSPS) is 15.5. The van der Waals surface area contributed by atoms with Crippen LogP contribution in [0, 0.1) is 5.82 Å². The van der Waals surface area contributed by atoms with E-state index in [4.69, 9.17) is 27.9 Å². The first-order chi connectivity index (χ1) is 15.9. The molecule has 1 fully saturated rings. The minimum Gasteiger partial charge on any atom is -0.481 e. The zero-order valence-corrected chi connectivity index (χ0v) is 20.8. The summed E-state index contributed by atoms with van der Waals surface area (Å²) in [5.41, 5.74) is 2.70. The number of ether oxygens (including phenoxy) is 1. The minimum atomic E-state index is -0.457. The Labute approximate surface area is 209 Å². The van der Waals surface area contributed by atoms with E-state index in [-0.39, 0.29) is 24.4 Å². The molecule has 1 aromatic heterocycles. The van der Waals surface area contributed by atoms with Gasteiger partial charge in [-0.05, 0) is 28.4 Å². The quantitative estimate of drug-likeness (QED) is 0.377. The summed E-state index contributed by atoms with van der Waals surface area (Å²) in [6, 6.07) is 12.4. The molecule has 5 nitrogen and oxygen atoms in total. The highest BCUT2D eigenvalue weighted by atomic mass is 79.9. The number of aromatic nitrogens is 1. The first-order valence-electron chi connectivity index (χ1n) is 10.4. The standard InChI is InChI=1S/C24H21BrCl2FN3O2/c1-33-24-17(12-29-11-13-8-9-21(32)30-13)19(28)10-20(31-24)16-6-2-4-14(22(16)26)15-5-3-7-18(25)23(15)27/h2-7,10,13,29H,8-9,11-12H2,1H3,(H,30,32)/t13-/m0/s1. The van der Waals surface area contributed by atoms with Crippen LogP contribution < -0.4 is 15.4 Å². The summed E-state index contributed by atoms with van der Waals surface area (Å²) in [4.78, 5) is 15.9. The van der Waals surface area contributed by atoms with Crippen LogP contribution in [0.5, 0.6) is 5.88 Å². The summed E-state index contributed by atoms with van der Waals surface area (Å²) >= 11 is 16.6. The number of hydrogen-bond acceptors (Lipinski definition) is 4. The van der Waals surface area contributed by atoms with Crippen LogP contribution in [-0.2, 0) is 11.3 Å². The third kappa shape index (κ3) is 5.17. The number of carbonyl (C=O) groups is 1. The fourth-order valence-electron chi connectivity index (χ4n) is 3.84. The third-order valence-corrected chi connectivity index (χ3v) is 7.22. The number of nitrogens with zero attached hydrogens (tertiary/aromatic N) is 1. The molecular weight excluding hydrogens is 532 g/mol. The number of nitrogens with one attached hydrogen (secondary N) is 2. The molecule has 1 amide bonds. The molecule has 0 spiro atoms. The first-order valence-corrected chi connectivity index (χ1v) is 11.9. The molecule has 1 atom stereocenters. The van der Waals surface area contributed by atoms with Crippen LogP contribution in [0.3, 0.4) is 0 Å². The summed E-state index contributed by atoms with van der Waals surface area (Å²) in [6.45, 7) is 0.757. The van der Waals surface area contributed by atoms with Gasteiger partial charge in [0.1, 0.15) is 5.82 Å². The smallest absolute Gasteiger partial charge is 0.221 e. The third-order valence-electron chi connectivity index (χ3n) is 5.52. The molecule has 2 aromatic carbocycles. The summed E-state index contributed by atoms with van der Waals surface area (Å²) in [7, 11) is 1.45. The number of pyridine rings is 1. The second-order valence-corrected chi connectivity index (χ2v) is 9.29. The number of benzene rings is 2. The molecule has 1 aliphatic heterocycles. The molecule has 0 unspecified atom stereocenters. The van der Waals surface area contributed by atoms with Crippen LogP contribution in [0.2, 0.25) is 10.0 Å². The molecule has 9 heteroatoms. The predicted octanol–water partition coefficient (Wildman–Crippen LogP) is 6.00. The van der Waals surface area contributed by atoms with E-state index < -0.39 is 5.82 Å². The lowest BCUT2D eigenvalue weighted by atomic mass is 10.0. The van der Waals surface area contributed by atoms with Gasteiger partial charge >= 0.3 is 0 Å². The van der Waals surface area contributed by atoms with Crippen molar-refractivity contribution >= 4 is 45.0 Å². The molecule has 0 radical (unpaired) electrons. The number of rotatable bonds is 7. The van der Waals surface area contributed by atoms with Gasteiger partial charge in [0.25, 0.3) is 0 Å². The van der Waals surface area contributed by atoms with Gasteiger partial charge in [0.05, 0.1) is 28.4 Å². The zero-order valence-electron chi connectivity index (χ0n) is 17.7. The Morgan fingerprint density at radius 2 is 1.88 bits per heavy atom. The van der Waals surface area contributed by atoms with E-state index in [0.717, 1.165) is 16.5 Å². The lowest BCUT2D eigenvalue weighted by molar-refractivity contribution is -0.119. The summed E-state index contributed by atoms with van der Waals surface area (Å²) in [5, 5.41) is 7.00. The number of amides is 1. The molecule has 4 rings (SSSR count). The largest absolute Gasteiger partial charge is 0.481 e. The molecular formula is C24H21BrCl2FN3O2. The number of hydrogen-bond donors (Lipinski definition) is 2. The van der Waals surface area contributed by atoms with Crippen molar-refractivity contribution in [3.05, 3.63) is 68.4 Å². The van der Waals surface area contributed by atoms with E-state index in [1.165, 1.54) is 13.2 Å². The van der Waals surface area contributed by atoms with E-state index in [2.05, 4.69) is 31.5 Å². The molecule has 33 heavy (non-hydrogen) atoms. The van der Waals surface area contributed by atoms with E-state index in [0.29, 0.717) is 45.4 Å². The van der Waals surface area contributed by atoms with Gasteiger partial charge in [0.15, 0.2) is 0 Å². The highest BCUT2D eigenvalue weighted by molar-refractivity contribution is 9.10. The van der Waals surface area contributed by atoms with Gasteiger partial charge in [-0.2, -0.15) is 0 Å². The van der Waals surface area contributed by atoms with Gasteiger partial charge < -0.3 is 15.4 Å². The average molecular weight is 553 g/mol. The molecule has 1 aliphatic rings. The summed E-state index contributed by atoms with van der Waals surface area (Å²) in [6.07, 6.45) is 1.28. The lowest BCUT2D eigenvalue weighted by Gasteiger charge is -2.16. The molecule has 1 saturated heterocycles. The molecule has 0 saturated carbocycles. The Bertz CT molecular complexity index is 1210. The zero-order chi connectivity index (χ0) is 23.5. The molecule has 0 aliphatic carbocycles. The van der Waals surface area contributed by atoms with Crippen LogP contribution in [0.25, 0.3) is 22.4 Å². The second kappa shape index (κ2) is 10.4. The van der Waals surface area contributed by atoms with Crippen molar-refractivity contribution in [3.8, 4) is 28.3 Å². The van der Waals surface area contributed by atoms with Gasteiger partial charge in [0.2, 0.25) is 11.8 Å². The Kier molecular flexibility index (Phi) is 7.54. The molecule has 0 bridgehead atoms. The SMILES string of the molecule is COc1nc(-c2cccc(-c3cccc(Br)c3Cl)c2Cl)cc(F)c1CNC[C@@H]1CCC(=O)N1. The van der Waals surface area contributed by atoms with Crippen LogP contribution in [0.15, 0.2) is 46.9 Å². The van der Waals surface area contributed by atoms with Gasteiger partial charge in [-0.25, -0.2) is 9.37 Å². The number of methoxy groups -OCH3 is 1. The average Bonchev–Trinajstić information content (AvgIpc) is 3.22. The molecule has 3 aromatic rings. The summed E-state index contributed by atoms with van der Waals surface area (Å²) in [5.74, 6) is -0.239. The van der Waals surface area contributed by atoms with Gasteiger partial charge in [0, 0.05) is 52.8 Å². The van der Waals surface area contributed by atoms with E-state index >= 15 is 4.39 Å². The van der Waals surface area contributed by atoms with Crippen molar-refractivity contribution in [1.82, 2.24) is 15.6 Å². The Hall–Kier alpha value is -2.19. The molecule has 2 N–H and O–H groups in total. The fourth-order valence-corrected chi connectivity index (χ4v) is 4.76. The maximum Gasteiger partial charge on any atom is 0.221 e. The van der Waals surface area contributed by atoms with E-state index in [9.17, 15) is 4.79 Å². The van der Waals surface area contributed by atoms with E-state index in [1.807, 2.05) is 30.3 Å². The van der Waals surface area contributed by atoms with Gasteiger partial charge in [-0.15, -0.1) is 0 Å². The van der Waals surface area contributed by atoms with Crippen molar-refractivity contribution in [1.29, 1.82) is 0 Å². The van der Waals surface area contributed by atoms with Gasteiger partial charge in [-0.1, -0.05) is 53.5 Å². The number of halogens is 4.